The quantitative estimate of drug-likeness (QED) is 0.235. The monoisotopic (exact) mass is 477 g/mol. The van der Waals surface area contributed by atoms with Gasteiger partial charge in [0.15, 0.2) is 5.96 Å². The molecule has 1 aromatic carbocycles. The van der Waals surface area contributed by atoms with Crippen LogP contribution in [0.25, 0.3) is 0 Å². The molecular formula is C19H32IN3O3. The van der Waals surface area contributed by atoms with E-state index >= 15 is 0 Å². The zero-order valence-corrected chi connectivity index (χ0v) is 18.2. The normalized spacial score (nSPS) is 17.0. The maximum atomic E-state index is 5.66. The number of rotatable bonds is 10. The molecule has 0 radical (unpaired) electrons. The Morgan fingerprint density at radius 2 is 2.00 bits per heavy atom. The van der Waals surface area contributed by atoms with Crippen molar-refractivity contribution in [1.82, 2.24) is 10.6 Å². The van der Waals surface area contributed by atoms with E-state index < -0.39 is 0 Å². The van der Waals surface area contributed by atoms with E-state index in [9.17, 15) is 0 Å². The first-order valence-electron chi connectivity index (χ1n) is 9.02. The van der Waals surface area contributed by atoms with E-state index in [1.54, 1.807) is 14.2 Å². The molecule has 26 heavy (non-hydrogen) atoms. The van der Waals surface area contributed by atoms with Gasteiger partial charge in [0, 0.05) is 40.5 Å². The highest BCUT2D eigenvalue weighted by molar-refractivity contribution is 14.0. The van der Waals surface area contributed by atoms with Gasteiger partial charge in [0.2, 0.25) is 0 Å². The van der Waals surface area contributed by atoms with Crippen LogP contribution in [0.5, 0.6) is 0 Å². The number of hydrogen-bond acceptors (Lipinski definition) is 4. The Hall–Kier alpha value is -0.900. The molecule has 0 saturated carbocycles. The summed E-state index contributed by atoms with van der Waals surface area (Å²) in [4.78, 5) is 4.24. The van der Waals surface area contributed by atoms with Crippen molar-refractivity contribution in [3.63, 3.8) is 0 Å². The lowest BCUT2D eigenvalue weighted by Crippen LogP contribution is -2.37. The van der Waals surface area contributed by atoms with Crippen molar-refractivity contribution in [1.29, 1.82) is 0 Å². The Kier molecular flexibility index (Phi) is 12.6. The Balaban J connectivity index is 0.00000338. The van der Waals surface area contributed by atoms with Gasteiger partial charge in [-0.1, -0.05) is 24.3 Å². The molecule has 148 valence electrons. The first kappa shape index (κ1) is 23.1. The lowest BCUT2D eigenvalue weighted by molar-refractivity contribution is 0.0168. The molecule has 7 heteroatoms. The van der Waals surface area contributed by atoms with E-state index in [1.165, 1.54) is 11.1 Å². The van der Waals surface area contributed by atoms with Crippen molar-refractivity contribution in [2.75, 3.05) is 40.5 Å². The number of benzene rings is 1. The summed E-state index contributed by atoms with van der Waals surface area (Å²) in [5.74, 6) is 0.806. The van der Waals surface area contributed by atoms with Crippen molar-refractivity contribution in [3.05, 3.63) is 35.4 Å². The van der Waals surface area contributed by atoms with Gasteiger partial charge in [-0.15, -0.1) is 24.0 Å². The van der Waals surface area contributed by atoms with Crippen LogP contribution in [0.2, 0.25) is 0 Å². The highest BCUT2D eigenvalue weighted by Gasteiger charge is 2.14. The molecule has 1 saturated heterocycles. The second-order valence-corrected chi connectivity index (χ2v) is 6.17. The fourth-order valence-corrected chi connectivity index (χ4v) is 2.70. The fraction of sp³-hybridized carbons (Fsp3) is 0.632. The standard InChI is InChI=1S/C19H31N3O3.HI/c1-20-19(21-10-4-11-24-15-18-5-3-12-25-18)22-13-16-6-8-17(9-7-16)14-23-2;/h6-9,18H,3-5,10-15H2,1-2H3,(H2,20,21,22);1H. The molecule has 1 heterocycles. The van der Waals surface area contributed by atoms with Crippen LogP contribution in [-0.4, -0.2) is 52.6 Å². The largest absolute Gasteiger partial charge is 0.380 e. The van der Waals surface area contributed by atoms with Crippen molar-refractivity contribution in [2.24, 2.45) is 4.99 Å². The lowest BCUT2D eigenvalue weighted by atomic mass is 10.1. The summed E-state index contributed by atoms with van der Waals surface area (Å²) in [7, 11) is 3.49. The van der Waals surface area contributed by atoms with Crippen molar-refractivity contribution in [3.8, 4) is 0 Å². The number of nitrogens with one attached hydrogen (secondary N) is 2. The number of nitrogens with zero attached hydrogens (tertiary/aromatic N) is 1. The summed E-state index contributed by atoms with van der Waals surface area (Å²) in [5, 5.41) is 6.63. The van der Waals surface area contributed by atoms with E-state index in [0.29, 0.717) is 19.3 Å². The Labute approximate surface area is 174 Å². The molecule has 1 aliphatic heterocycles. The maximum absolute atomic E-state index is 5.66. The smallest absolute Gasteiger partial charge is 0.191 e. The van der Waals surface area contributed by atoms with Gasteiger partial charge in [-0.05, 0) is 30.4 Å². The van der Waals surface area contributed by atoms with Crippen LogP contribution in [0.3, 0.4) is 0 Å². The Morgan fingerprint density at radius 3 is 2.65 bits per heavy atom. The average Bonchev–Trinajstić information content (AvgIpc) is 3.15. The number of hydrogen-bond donors (Lipinski definition) is 2. The molecule has 1 fully saturated rings. The average molecular weight is 477 g/mol. The highest BCUT2D eigenvalue weighted by Crippen LogP contribution is 2.11. The van der Waals surface area contributed by atoms with Crippen LogP contribution in [0.15, 0.2) is 29.3 Å². The molecular weight excluding hydrogens is 445 g/mol. The van der Waals surface area contributed by atoms with Gasteiger partial charge in [0.25, 0.3) is 0 Å². The molecule has 1 aromatic rings. The van der Waals surface area contributed by atoms with Gasteiger partial charge < -0.3 is 24.8 Å². The number of guanidine groups is 1. The summed E-state index contributed by atoms with van der Waals surface area (Å²) in [6.45, 7) is 4.55. The molecule has 1 atom stereocenters. The molecule has 1 unspecified atom stereocenters. The lowest BCUT2D eigenvalue weighted by Gasteiger charge is -2.13. The molecule has 0 spiro atoms. The fourth-order valence-electron chi connectivity index (χ4n) is 2.70. The predicted octanol–water partition coefficient (Wildman–Crippen LogP) is 2.70. The third kappa shape index (κ3) is 9.16. The number of halogens is 1. The number of methoxy groups -OCH3 is 1. The van der Waals surface area contributed by atoms with Crippen LogP contribution in [0.1, 0.15) is 30.4 Å². The molecule has 0 bridgehead atoms. The van der Waals surface area contributed by atoms with Gasteiger partial charge in [-0.3, -0.25) is 4.99 Å². The Bertz CT molecular complexity index is 505. The van der Waals surface area contributed by atoms with Crippen LogP contribution in [-0.2, 0) is 27.4 Å². The SMILES string of the molecule is CN=C(NCCCOCC1CCCO1)NCc1ccc(COC)cc1.I. The van der Waals surface area contributed by atoms with Crippen LogP contribution in [0.4, 0.5) is 0 Å². The first-order chi connectivity index (χ1) is 12.3. The predicted molar refractivity (Wildman–Crippen MR) is 115 cm³/mol. The van der Waals surface area contributed by atoms with E-state index in [2.05, 4.69) is 39.9 Å². The molecule has 0 aliphatic carbocycles. The molecule has 0 amide bonds. The zero-order valence-electron chi connectivity index (χ0n) is 15.8. The Morgan fingerprint density at radius 1 is 1.23 bits per heavy atom. The van der Waals surface area contributed by atoms with Gasteiger partial charge in [-0.2, -0.15) is 0 Å². The molecule has 6 nitrogen and oxygen atoms in total. The minimum Gasteiger partial charge on any atom is -0.380 e. The van der Waals surface area contributed by atoms with Gasteiger partial charge in [0.1, 0.15) is 0 Å². The van der Waals surface area contributed by atoms with E-state index in [0.717, 1.165) is 51.5 Å². The van der Waals surface area contributed by atoms with Gasteiger partial charge >= 0.3 is 0 Å². The third-order valence-corrected chi connectivity index (χ3v) is 4.10. The van der Waals surface area contributed by atoms with Crippen molar-refractivity contribution >= 4 is 29.9 Å². The third-order valence-electron chi connectivity index (χ3n) is 4.10. The summed E-state index contributed by atoms with van der Waals surface area (Å²) < 4.78 is 16.3. The van der Waals surface area contributed by atoms with E-state index in [4.69, 9.17) is 14.2 Å². The molecule has 2 rings (SSSR count). The summed E-state index contributed by atoms with van der Waals surface area (Å²) in [6.07, 6.45) is 3.53. The summed E-state index contributed by atoms with van der Waals surface area (Å²) >= 11 is 0. The first-order valence-corrected chi connectivity index (χ1v) is 9.02. The maximum Gasteiger partial charge on any atom is 0.191 e. The van der Waals surface area contributed by atoms with Crippen LogP contribution < -0.4 is 10.6 Å². The second-order valence-electron chi connectivity index (χ2n) is 6.17. The topological polar surface area (TPSA) is 64.1 Å². The van der Waals surface area contributed by atoms with Crippen LogP contribution in [0, 0.1) is 0 Å². The number of aliphatic imine (C=N–C) groups is 1. The van der Waals surface area contributed by atoms with E-state index in [-0.39, 0.29) is 24.0 Å². The molecule has 1 aliphatic rings. The molecule has 0 aromatic heterocycles. The molecule has 2 N–H and O–H groups in total. The van der Waals surface area contributed by atoms with Crippen LogP contribution >= 0.6 is 24.0 Å². The number of ether oxygens (including phenoxy) is 3. The van der Waals surface area contributed by atoms with Gasteiger partial charge in [0.05, 0.1) is 19.3 Å². The summed E-state index contributed by atoms with van der Waals surface area (Å²) in [6, 6.07) is 8.38. The zero-order chi connectivity index (χ0) is 17.7. The minimum atomic E-state index is 0. The van der Waals surface area contributed by atoms with Crippen molar-refractivity contribution in [2.45, 2.75) is 38.5 Å². The van der Waals surface area contributed by atoms with Gasteiger partial charge in [-0.25, -0.2) is 0 Å². The highest BCUT2D eigenvalue weighted by atomic mass is 127. The van der Waals surface area contributed by atoms with Crippen molar-refractivity contribution < 1.29 is 14.2 Å². The minimum absolute atomic E-state index is 0. The van der Waals surface area contributed by atoms with E-state index in [1.807, 2.05) is 0 Å². The summed E-state index contributed by atoms with van der Waals surface area (Å²) in [5.41, 5.74) is 2.39. The second kappa shape index (κ2) is 14.2.